The van der Waals surface area contributed by atoms with Crippen LogP contribution in [0.15, 0.2) is 11.6 Å². The largest absolute Gasteiger partial charge is 0.462 e. The summed E-state index contributed by atoms with van der Waals surface area (Å²) >= 11 is 0. The minimum Gasteiger partial charge on any atom is -0.462 e. The van der Waals surface area contributed by atoms with Gasteiger partial charge in [0.05, 0.1) is 0 Å². The van der Waals surface area contributed by atoms with Crippen molar-refractivity contribution in [3.05, 3.63) is 11.6 Å². The summed E-state index contributed by atoms with van der Waals surface area (Å²) in [6.45, 7) is 3.73. The van der Waals surface area contributed by atoms with Gasteiger partial charge in [0.2, 0.25) is 0 Å². The van der Waals surface area contributed by atoms with E-state index in [9.17, 15) is 9.59 Å². The fourth-order valence-electron chi connectivity index (χ4n) is 3.95. The van der Waals surface area contributed by atoms with E-state index in [2.05, 4.69) is 13.0 Å². The molecular weight excluding hydrogens is 240 g/mol. The summed E-state index contributed by atoms with van der Waals surface area (Å²) in [5, 5.41) is 0. The molecule has 0 radical (unpaired) electrons. The van der Waals surface area contributed by atoms with Gasteiger partial charge in [0.15, 0.2) is 0 Å². The van der Waals surface area contributed by atoms with Crippen LogP contribution in [0, 0.1) is 11.3 Å². The Morgan fingerprint density at radius 3 is 3.00 bits per heavy atom. The van der Waals surface area contributed by atoms with Gasteiger partial charge in [-0.15, -0.1) is 0 Å². The van der Waals surface area contributed by atoms with Crippen LogP contribution in [0.2, 0.25) is 0 Å². The summed E-state index contributed by atoms with van der Waals surface area (Å²) < 4.78 is 5.61. The number of esters is 1. The molecule has 19 heavy (non-hydrogen) atoms. The standard InChI is InChI=1S/C16H24O3/c1-12(18)19-15-10-4-8-13-6-3-7-14(9-5-11-17)16(13,15)2/h6,11,14-15H,3-5,7-10H2,1-2H3/t14-,15+,16+/m1/s1. The second kappa shape index (κ2) is 5.89. The van der Waals surface area contributed by atoms with Gasteiger partial charge < -0.3 is 9.53 Å². The Hall–Kier alpha value is -1.12. The molecule has 0 aromatic carbocycles. The van der Waals surface area contributed by atoms with Crippen molar-refractivity contribution in [2.24, 2.45) is 11.3 Å². The van der Waals surface area contributed by atoms with Crippen LogP contribution in [0.4, 0.5) is 0 Å². The van der Waals surface area contributed by atoms with E-state index in [4.69, 9.17) is 4.74 Å². The quantitative estimate of drug-likeness (QED) is 0.444. The van der Waals surface area contributed by atoms with Crippen LogP contribution in [-0.2, 0) is 14.3 Å². The molecule has 3 atom stereocenters. The van der Waals surface area contributed by atoms with Gasteiger partial charge in [-0.05, 0) is 44.4 Å². The van der Waals surface area contributed by atoms with Crippen LogP contribution in [0.1, 0.15) is 58.8 Å². The van der Waals surface area contributed by atoms with E-state index in [0.29, 0.717) is 12.3 Å². The van der Waals surface area contributed by atoms with Crippen molar-refractivity contribution >= 4 is 12.3 Å². The Morgan fingerprint density at radius 2 is 2.32 bits per heavy atom. The lowest BCUT2D eigenvalue weighted by atomic mass is 9.58. The van der Waals surface area contributed by atoms with Crippen LogP contribution in [0.25, 0.3) is 0 Å². The van der Waals surface area contributed by atoms with Gasteiger partial charge in [-0.2, -0.15) is 0 Å². The Bertz CT molecular complexity index is 385. The number of allylic oxidation sites excluding steroid dienone is 1. The van der Waals surface area contributed by atoms with Crippen LogP contribution >= 0.6 is 0 Å². The van der Waals surface area contributed by atoms with Gasteiger partial charge in [0, 0.05) is 18.8 Å². The number of hydrogen-bond donors (Lipinski definition) is 0. The summed E-state index contributed by atoms with van der Waals surface area (Å²) in [4.78, 5) is 22.0. The summed E-state index contributed by atoms with van der Waals surface area (Å²) in [5.74, 6) is 0.273. The number of carbonyl (C=O) groups excluding carboxylic acids is 2. The number of ether oxygens (including phenoxy) is 1. The average molecular weight is 264 g/mol. The molecule has 0 aliphatic heterocycles. The van der Waals surface area contributed by atoms with E-state index in [1.54, 1.807) is 0 Å². The predicted molar refractivity (Wildman–Crippen MR) is 73.6 cm³/mol. The van der Waals surface area contributed by atoms with Crippen molar-refractivity contribution in [2.75, 3.05) is 0 Å². The Balaban J connectivity index is 2.25. The molecule has 0 saturated heterocycles. The third kappa shape index (κ3) is 2.75. The minimum absolute atomic E-state index is 0.0121. The molecule has 0 heterocycles. The monoisotopic (exact) mass is 264 g/mol. The smallest absolute Gasteiger partial charge is 0.302 e. The topological polar surface area (TPSA) is 43.4 Å². The number of rotatable bonds is 4. The van der Waals surface area contributed by atoms with Gasteiger partial charge in [0.1, 0.15) is 12.4 Å². The van der Waals surface area contributed by atoms with Gasteiger partial charge in [-0.25, -0.2) is 0 Å². The molecule has 106 valence electrons. The van der Waals surface area contributed by atoms with Crippen molar-refractivity contribution in [3.63, 3.8) is 0 Å². The number of carbonyl (C=O) groups is 2. The Kier molecular flexibility index (Phi) is 4.43. The fourth-order valence-corrected chi connectivity index (χ4v) is 3.95. The first-order valence-corrected chi connectivity index (χ1v) is 7.39. The van der Waals surface area contributed by atoms with Gasteiger partial charge in [-0.1, -0.05) is 18.6 Å². The van der Waals surface area contributed by atoms with E-state index in [1.807, 2.05) is 0 Å². The highest BCUT2D eigenvalue weighted by Gasteiger charge is 2.48. The van der Waals surface area contributed by atoms with E-state index in [0.717, 1.165) is 44.8 Å². The van der Waals surface area contributed by atoms with Crippen molar-refractivity contribution in [1.82, 2.24) is 0 Å². The maximum absolute atomic E-state index is 11.4. The van der Waals surface area contributed by atoms with Crippen molar-refractivity contribution < 1.29 is 14.3 Å². The van der Waals surface area contributed by atoms with Crippen molar-refractivity contribution in [2.45, 2.75) is 64.9 Å². The highest BCUT2D eigenvalue weighted by atomic mass is 16.5. The molecular formula is C16H24O3. The average Bonchev–Trinajstić information content (AvgIpc) is 2.37. The second-order valence-corrected chi connectivity index (χ2v) is 6.02. The summed E-state index contributed by atoms with van der Waals surface area (Å²) in [6.07, 6.45) is 10.2. The van der Waals surface area contributed by atoms with Crippen LogP contribution in [0.5, 0.6) is 0 Å². The SMILES string of the molecule is CC(=O)O[C@H]1CCCC2=CCC[C@H](CCC=O)[C@]21C. The molecule has 1 saturated carbocycles. The molecule has 2 aliphatic rings. The molecule has 1 fully saturated rings. The van der Waals surface area contributed by atoms with Gasteiger partial charge in [-0.3, -0.25) is 4.79 Å². The molecule has 2 aliphatic carbocycles. The molecule has 0 N–H and O–H groups in total. The molecule has 0 amide bonds. The maximum atomic E-state index is 11.4. The van der Waals surface area contributed by atoms with Gasteiger partial charge in [0.25, 0.3) is 0 Å². The zero-order valence-corrected chi connectivity index (χ0v) is 12.0. The van der Waals surface area contributed by atoms with Crippen LogP contribution in [0.3, 0.4) is 0 Å². The molecule has 3 heteroatoms. The van der Waals surface area contributed by atoms with E-state index in [1.165, 1.54) is 12.5 Å². The number of fused-ring (bicyclic) bond motifs is 1. The first kappa shape index (κ1) is 14.3. The molecule has 0 bridgehead atoms. The van der Waals surface area contributed by atoms with E-state index < -0.39 is 0 Å². The normalized spacial score (nSPS) is 34.1. The lowest BCUT2D eigenvalue weighted by Crippen LogP contribution is -2.47. The number of hydrogen-bond acceptors (Lipinski definition) is 3. The minimum atomic E-state index is -0.188. The van der Waals surface area contributed by atoms with Gasteiger partial charge >= 0.3 is 5.97 Å². The first-order chi connectivity index (χ1) is 9.09. The third-order valence-corrected chi connectivity index (χ3v) is 4.97. The maximum Gasteiger partial charge on any atom is 0.302 e. The summed E-state index contributed by atoms with van der Waals surface area (Å²) in [5.41, 5.74) is 1.40. The van der Waals surface area contributed by atoms with Crippen molar-refractivity contribution in [3.8, 4) is 0 Å². The number of aldehydes is 1. The summed E-state index contributed by atoms with van der Waals surface area (Å²) in [7, 11) is 0. The molecule has 0 unspecified atom stereocenters. The predicted octanol–water partition coefficient (Wildman–Crippen LogP) is 3.42. The highest BCUT2D eigenvalue weighted by molar-refractivity contribution is 5.66. The third-order valence-electron chi connectivity index (χ3n) is 4.97. The fraction of sp³-hybridized carbons (Fsp3) is 0.750. The molecule has 0 spiro atoms. The molecule has 3 nitrogen and oxygen atoms in total. The lowest BCUT2D eigenvalue weighted by molar-refractivity contribution is -0.156. The zero-order valence-electron chi connectivity index (χ0n) is 12.0. The van der Waals surface area contributed by atoms with E-state index >= 15 is 0 Å². The lowest BCUT2D eigenvalue weighted by Gasteiger charge is -2.50. The van der Waals surface area contributed by atoms with Crippen LogP contribution < -0.4 is 0 Å². The molecule has 2 rings (SSSR count). The molecule has 0 aromatic heterocycles. The second-order valence-electron chi connectivity index (χ2n) is 6.02. The first-order valence-electron chi connectivity index (χ1n) is 7.39. The Morgan fingerprint density at radius 1 is 1.53 bits per heavy atom. The Labute approximate surface area is 115 Å². The zero-order chi connectivity index (χ0) is 13.9. The summed E-state index contributed by atoms with van der Waals surface area (Å²) in [6, 6.07) is 0. The molecule has 0 aromatic rings. The van der Waals surface area contributed by atoms with E-state index in [-0.39, 0.29) is 17.5 Å². The van der Waals surface area contributed by atoms with Crippen LogP contribution in [-0.4, -0.2) is 18.4 Å². The van der Waals surface area contributed by atoms with Crippen molar-refractivity contribution in [1.29, 1.82) is 0 Å². The highest BCUT2D eigenvalue weighted by Crippen LogP contribution is 2.53.